The maximum absolute atomic E-state index is 6.05. The Hall–Kier alpha value is -3.10. The van der Waals surface area contributed by atoms with Gasteiger partial charge in [0.15, 0.2) is 5.82 Å². The van der Waals surface area contributed by atoms with Crippen molar-refractivity contribution in [2.75, 3.05) is 18.0 Å². The van der Waals surface area contributed by atoms with E-state index in [9.17, 15) is 0 Å². The number of rotatable bonds is 6. The van der Waals surface area contributed by atoms with Crippen molar-refractivity contribution in [3.8, 4) is 17.1 Å². The summed E-state index contributed by atoms with van der Waals surface area (Å²) in [4.78, 5) is 15.5. The predicted octanol–water partition coefficient (Wildman–Crippen LogP) is 3.12. The number of hydrogen-bond acceptors (Lipinski definition) is 9. The summed E-state index contributed by atoms with van der Waals surface area (Å²) in [5.41, 5.74) is 1.62. The topological polar surface area (TPSA) is 103 Å². The maximum Gasteiger partial charge on any atom is 0.324 e. The molecule has 0 N–H and O–H groups in total. The molecule has 0 spiro atoms. The summed E-state index contributed by atoms with van der Waals surface area (Å²) in [6.45, 7) is 7.95. The van der Waals surface area contributed by atoms with E-state index in [2.05, 4.69) is 56.0 Å². The van der Waals surface area contributed by atoms with Crippen molar-refractivity contribution in [1.29, 1.82) is 0 Å². The smallest absolute Gasteiger partial charge is 0.324 e. The highest BCUT2D eigenvalue weighted by Gasteiger charge is 2.28. The standard InChI is InChI=1S/C20H25N7O2/c1-13(2)19-25-20(29-26-19)27-8-5-15(6-9-27)14(3)28-18-12-21-17(11-22-18)16-4-7-23-24-10-16/h4,7,10-15H,5-6,8-9H2,1-3H3. The minimum atomic E-state index is 0.0498. The highest BCUT2D eigenvalue weighted by molar-refractivity contribution is 5.55. The molecule has 1 fully saturated rings. The Morgan fingerprint density at radius 2 is 1.90 bits per heavy atom. The lowest BCUT2D eigenvalue weighted by molar-refractivity contribution is 0.126. The molecular formula is C20H25N7O2. The van der Waals surface area contributed by atoms with Gasteiger partial charge in [-0.25, -0.2) is 9.97 Å². The van der Waals surface area contributed by atoms with E-state index in [0.717, 1.165) is 43.0 Å². The second kappa shape index (κ2) is 8.50. The third kappa shape index (κ3) is 4.49. The molecule has 0 aliphatic carbocycles. The lowest BCUT2D eigenvalue weighted by Crippen LogP contribution is -2.39. The summed E-state index contributed by atoms with van der Waals surface area (Å²) >= 11 is 0. The Bertz CT molecular complexity index is 906. The van der Waals surface area contributed by atoms with Gasteiger partial charge in [0.1, 0.15) is 6.10 Å². The minimum absolute atomic E-state index is 0.0498. The van der Waals surface area contributed by atoms with Crippen LogP contribution in [0.5, 0.6) is 5.88 Å². The first-order chi connectivity index (χ1) is 14.1. The van der Waals surface area contributed by atoms with Crippen LogP contribution in [0.15, 0.2) is 35.4 Å². The van der Waals surface area contributed by atoms with Crippen molar-refractivity contribution in [2.24, 2.45) is 5.92 Å². The summed E-state index contributed by atoms with van der Waals surface area (Å²) in [5, 5.41) is 11.7. The van der Waals surface area contributed by atoms with Crippen LogP contribution in [0.1, 0.15) is 45.4 Å². The molecule has 0 radical (unpaired) electrons. The van der Waals surface area contributed by atoms with Crippen LogP contribution in [-0.2, 0) is 0 Å². The molecule has 3 aromatic heterocycles. The molecule has 1 unspecified atom stereocenters. The van der Waals surface area contributed by atoms with E-state index in [1.54, 1.807) is 24.8 Å². The molecule has 9 heteroatoms. The quantitative estimate of drug-likeness (QED) is 0.622. The molecule has 0 bridgehead atoms. The molecule has 1 atom stereocenters. The summed E-state index contributed by atoms with van der Waals surface area (Å²) in [5.74, 6) is 1.98. The van der Waals surface area contributed by atoms with Crippen molar-refractivity contribution in [3.05, 3.63) is 36.7 Å². The Balaban J connectivity index is 1.31. The van der Waals surface area contributed by atoms with Gasteiger partial charge in [-0.3, -0.25) is 0 Å². The average Bonchev–Trinajstić information content (AvgIpc) is 3.26. The monoisotopic (exact) mass is 395 g/mol. The number of hydrogen-bond donors (Lipinski definition) is 0. The third-order valence-electron chi connectivity index (χ3n) is 5.24. The van der Waals surface area contributed by atoms with Crippen molar-refractivity contribution in [2.45, 2.75) is 45.6 Å². The van der Waals surface area contributed by atoms with E-state index >= 15 is 0 Å². The summed E-state index contributed by atoms with van der Waals surface area (Å²) in [6.07, 6.45) is 8.69. The third-order valence-corrected chi connectivity index (χ3v) is 5.24. The summed E-state index contributed by atoms with van der Waals surface area (Å²) in [6, 6.07) is 2.47. The van der Waals surface area contributed by atoms with Gasteiger partial charge in [0.05, 0.1) is 30.5 Å². The SMILES string of the molecule is CC(C)c1noc(N2CCC(C(C)Oc3cnc(-c4ccnnc4)cn3)CC2)n1. The Morgan fingerprint density at radius 1 is 1.07 bits per heavy atom. The Kier molecular flexibility index (Phi) is 5.64. The van der Waals surface area contributed by atoms with E-state index in [0.29, 0.717) is 17.8 Å². The number of ether oxygens (including phenoxy) is 1. The molecule has 1 saturated heterocycles. The van der Waals surface area contributed by atoms with Crippen LogP contribution >= 0.6 is 0 Å². The van der Waals surface area contributed by atoms with Gasteiger partial charge < -0.3 is 14.2 Å². The minimum Gasteiger partial charge on any atom is -0.473 e. The number of piperidine rings is 1. The molecule has 4 rings (SSSR count). The van der Waals surface area contributed by atoms with Crippen molar-refractivity contribution < 1.29 is 9.26 Å². The van der Waals surface area contributed by atoms with Crippen molar-refractivity contribution in [3.63, 3.8) is 0 Å². The van der Waals surface area contributed by atoms with Gasteiger partial charge >= 0.3 is 6.01 Å². The van der Waals surface area contributed by atoms with Crippen LogP contribution in [0.25, 0.3) is 11.3 Å². The van der Waals surface area contributed by atoms with Crippen molar-refractivity contribution >= 4 is 6.01 Å². The Morgan fingerprint density at radius 3 is 2.52 bits per heavy atom. The first-order valence-corrected chi connectivity index (χ1v) is 9.94. The summed E-state index contributed by atoms with van der Waals surface area (Å²) < 4.78 is 11.5. The molecular weight excluding hydrogens is 370 g/mol. The molecule has 9 nitrogen and oxygen atoms in total. The van der Waals surface area contributed by atoms with Gasteiger partial charge in [-0.15, -0.1) is 0 Å². The van der Waals surface area contributed by atoms with Crippen LogP contribution in [0, 0.1) is 5.92 Å². The van der Waals surface area contributed by atoms with Crippen LogP contribution < -0.4 is 9.64 Å². The molecule has 1 aliphatic rings. The van der Waals surface area contributed by atoms with Crippen LogP contribution in [0.3, 0.4) is 0 Å². The zero-order valence-electron chi connectivity index (χ0n) is 16.9. The lowest BCUT2D eigenvalue weighted by Gasteiger charge is -2.33. The van der Waals surface area contributed by atoms with E-state index < -0.39 is 0 Å². The number of anilines is 1. The first-order valence-electron chi connectivity index (χ1n) is 9.94. The molecule has 0 aromatic carbocycles. The molecule has 3 aromatic rings. The second-order valence-corrected chi connectivity index (χ2v) is 7.61. The zero-order valence-corrected chi connectivity index (χ0v) is 16.9. The van der Waals surface area contributed by atoms with Gasteiger partial charge in [0, 0.05) is 24.6 Å². The number of nitrogens with zero attached hydrogens (tertiary/aromatic N) is 7. The molecule has 0 amide bonds. The fourth-order valence-corrected chi connectivity index (χ4v) is 3.40. The van der Waals surface area contributed by atoms with Gasteiger partial charge in [0.2, 0.25) is 5.88 Å². The molecule has 152 valence electrons. The average molecular weight is 395 g/mol. The van der Waals surface area contributed by atoms with Crippen LogP contribution in [-0.4, -0.2) is 49.5 Å². The highest BCUT2D eigenvalue weighted by atomic mass is 16.5. The molecule has 29 heavy (non-hydrogen) atoms. The van der Waals surface area contributed by atoms with Gasteiger partial charge in [-0.05, 0) is 31.7 Å². The second-order valence-electron chi connectivity index (χ2n) is 7.61. The highest BCUT2D eigenvalue weighted by Crippen LogP contribution is 2.27. The van der Waals surface area contributed by atoms with E-state index in [1.807, 2.05) is 6.07 Å². The zero-order chi connectivity index (χ0) is 20.2. The number of aromatic nitrogens is 6. The fraction of sp³-hybridized carbons (Fsp3) is 0.500. The van der Waals surface area contributed by atoms with Gasteiger partial charge in [-0.1, -0.05) is 19.0 Å². The fourth-order valence-electron chi connectivity index (χ4n) is 3.40. The molecule has 1 aliphatic heterocycles. The molecule has 0 saturated carbocycles. The van der Waals surface area contributed by atoms with Crippen LogP contribution in [0.4, 0.5) is 6.01 Å². The normalized spacial score (nSPS) is 16.2. The largest absolute Gasteiger partial charge is 0.473 e. The van der Waals surface area contributed by atoms with E-state index in [1.165, 1.54) is 0 Å². The van der Waals surface area contributed by atoms with Gasteiger partial charge in [0.25, 0.3) is 0 Å². The predicted molar refractivity (Wildman–Crippen MR) is 106 cm³/mol. The van der Waals surface area contributed by atoms with E-state index in [-0.39, 0.29) is 12.0 Å². The summed E-state index contributed by atoms with van der Waals surface area (Å²) in [7, 11) is 0. The lowest BCUT2D eigenvalue weighted by atomic mass is 9.92. The van der Waals surface area contributed by atoms with Crippen LogP contribution in [0.2, 0.25) is 0 Å². The first kappa shape index (κ1) is 19.2. The Labute approximate surface area is 169 Å². The maximum atomic E-state index is 6.05. The van der Waals surface area contributed by atoms with E-state index in [4.69, 9.17) is 9.26 Å². The molecule has 4 heterocycles. The van der Waals surface area contributed by atoms with Gasteiger partial charge in [-0.2, -0.15) is 15.2 Å². The van der Waals surface area contributed by atoms with Crippen molar-refractivity contribution in [1.82, 2.24) is 30.3 Å².